The summed E-state index contributed by atoms with van der Waals surface area (Å²) in [5, 5.41) is 0. The highest BCUT2D eigenvalue weighted by Gasteiger charge is 2.26. The van der Waals surface area contributed by atoms with E-state index in [0.717, 1.165) is 6.54 Å². The zero-order valence-corrected chi connectivity index (χ0v) is 9.51. The van der Waals surface area contributed by atoms with Crippen molar-refractivity contribution < 1.29 is 0 Å². The molecule has 1 aromatic rings. The Morgan fingerprint density at radius 1 is 1.54 bits per heavy atom. The molecule has 0 amide bonds. The summed E-state index contributed by atoms with van der Waals surface area (Å²) in [5.41, 5.74) is 1.30. The minimum Gasteiger partial charge on any atom is -0.345 e. The molecule has 0 spiro atoms. The molecule has 1 unspecified atom stereocenters. The van der Waals surface area contributed by atoms with Crippen molar-refractivity contribution in [2.75, 3.05) is 11.4 Å². The maximum atomic E-state index is 3.76. The van der Waals surface area contributed by atoms with Crippen molar-refractivity contribution in [3.05, 3.63) is 36.9 Å². The number of fused-ring (bicyclic) bond motifs is 1. The van der Waals surface area contributed by atoms with Gasteiger partial charge in [0.2, 0.25) is 0 Å². The minimum absolute atomic E-state index is 0.350. The molecule has 68 valence electrons. The van der Waals surface area contributed by atoms with Crippen molar-refractivity contribution in [1.29, 1.82) is 0 Å². The zero-order valence-electron chi connectivity index (χ0n) is 7.11. The van der Waals surface area contributed by atoms with E-state index in [1.165, 1.54) is 10.6 Å². The van der Waals surface area contributed by atoms with Crippen LogP contribution in [0.1, 0.15) is 0 Å². The largest absolute Gasteiger partial charge is 0.345 e. The number of hydrogen-bond donors (Lipinski definition) is 0. The highest BCUT2D eigenvalue weighted by molar-refractivity contribution is 9.11. The van der Waals surface area contributed by atoms with Gasteiger partial charge in [0.1, 0.15) is 4.28 Å². The Morgan fingerprint density at radius 2 is 2.31 bits per heavy atom. The highest BCUT2D eigenvalue weighted by atomic mass is 79.9. The third kappa shape index (κ3) is 1.63. The van der Waals surface area contributed by atoms with Crippen molar-refractivity contribution in [2.24, 2.45) is 0 Å². The van der Waals surface area contributed by atoms with Gasteiger partial charge in [-0.25, -0.2) is 0 Å². The second kappa shape index (κ2) is 3.76. The van der Waals surface area contributed by atoms with Gasteiger partial charge in [0, 0.05) is 11.4 Å². The maximum absolute atomic E-state index is 3.76. The van der Waals surface area contributed by atoms with E-state index >= 15 is 0 Å². The Bertz CT molecular complexity index is 326. The SMILES string of the molecule is C=CCN1c2ccccc2SC1Br. The van der Waals surface area contributed by atoms with E-state index in [2.05, 4.69) is 51.7 Å². The Kier molecular flexibility index (Phi) is 2.65. The van der Waals surface area contributed by atoms with Crippen molar-refractivity contribution in [1.82, 2.24) is 0 Å². The fraction of sp³-hybridized carbons (Fsp3) is 0.200. The molecule has 0 N–H and O–H groups in total. The highest BCUT2D eigenvalue weighted by Crippen LogP contribution is 2.45. The molecule has 3 heteroatoms. The number of nitrogens with zero attached hydrogens (tertiary/aromatic N) is 1. The number of rotatable bonds is 2. The average molecular weight is 256 g/mol. The molecule has 13 heavy (non-hydrogen) atoms. The van der Waals surface area contributed by atoms with Crippen LogP contribution in [0.15, 0.2) is 41.8 Å². The van der Waals surface area contributed by atoms with Crippen LogP contribution in [-0.4, -0.2) is 10.8 Å². The fourth-order valence-electron chi connectivity index (χ4n) is 1.39. The summed E-state index contributed by atoms with van der Waals surface area (Å²) < 4.78 is 0.350. The second-order valence-corrected chi connectivity index (χ2v) is 5.41. The van der Waals surface area contributed by atoms with E-state index in [0.29, 0.717) is 4.28 Å². The monoisotopic (exact) mass is 255 g/mol. The van der Waals surface area contributed by atoms with E-state index < -0.39 is 0 Å². The second-order valence-electron chi connectivity index (χ2n) is 2.82. The third-order valence-electron chi connectivity index (χ3n) is 1.97. The Morgan fingerprint density at radius 3 is 3.08 bits per heavy atom. The molecule has 0 saturated carbocycles. The lowest BCUT2D eigenvalue weighted by Gasteiger charge is -2.20. The molecule has 0 fully saturated rings. The molecule has 2 rings (SSSR count). The average Bonchev–Trinajstić information content (AvgIpc) is 2.44. The number of anilines is 1. The molecule has 0 radical (unpaired) electrons. The third-order valence-corrected chi connectivity index (χ3v) is 4.07. The molecule has 1 aliphatic rings. The van der Waals surface area contributed by atoms with E-state index in [1.807, 2.05) is 17.8 Å². The standard InChI is InChI=1S/C10H10BrNS/c1-2-7-12-8-5-3-4-6-9(8)13-10(12)11/h2-6,10H,1,7H2. The van der Waals surface area contributed by atoms with Crippen molar-refractivity contribution in [3.8, 4) is 0 Å². The predicted octanol–water partition coefficient (Wildman–Crippen LogP) is 3.46. The smallest absolute Gasteiger partial charge is 0.136 e. The molecular weight excluding hydrogens is 246 g/mol. The Labute approximate surface area is 90.9 Å². The van der Waals surface area contributed by atoms with Gasteiger partial charge in [-0.2, -0.15) is 0 Å². The lowest BCUT2D eigenvalue weighted by atomic mass is 10.3. The van der Waals surface area contributed by atoms with Gasteiger partial charge in [0.15, 0.2) is 0 Å². The summed E-state index contributed by atoms with van der Waals surface area (Å²) in [6.45, 7) is 4.65. The molecular formula is C10H10BrNS. The maximum Gasteiger partial charge on any atom is 0.136 e. The van der Waals surface area contributed by atoms with Gasteiger partial charge in [-0.05, 0) is 12.1 Å². The number of hydrogen-bond acceptors (Lipinski definition) is 2. The zero-order chi connectivity index (χ0) is 9.26. The van der Waals surface area contributed by atoms with Crippen LogP contribution < -0.4 is 4.90 Å². The lowest BCUT2D eigenvalue weighted by molar-refractivity contribution is 0.986. The summed E-state index contributed by atoms with van der Waals surface area (Å²) >= 11 is 5.46. The summed E-state index contributed by atoms with van der Waals surface area (Å²) in [6.07, 6.45) is 1.93. The molecule has 0 saturated heterocycles. The minimum atomic E-state index is 0.350. The van der Waals surface area contributed by atoms with Gasteiger partial charge in [-0.15, -0.1) is 6.58 Å². The first-order valence-corrected chi connectivity index (χ1v) is 5.90. The van der Waals surface area contributed by atoms with Crippen LogP contribution in [0.3, 0.4) is 0 Å². The van der Waals surface area contributed by atoms with Gasteiger partial charge in [-0.1, -0.05) is 45.9 Å². The first kappa shape index (κ1) is 9.16. The number of benzene rings is 1. The molecule has 1 aliphatic heterocycles. The number of para-hydroxylation sites is 1. The van der Waals surface area contributed by atoms with Gasteiger partial charge in [0.25, 0.3) is 0 Å². The van der Waals surface area contributed by atoms with Crippen LogP contribution in [-0.2, 0) is 0 Å². The molecule has 1 heterocycles. The quantitative estimate of drug-likeness (QED) is 0.453. The predicted molar refractivity (Wildman–Crippen MR) is 62.6 cm³/mol. The van der Waals surface area contributed by atoms with Gasteiger partial charge < -0.3 is 4.90 Å². The van der Waals surface area contributed by atoms with Crippen molar-refractivity contribution >= 4 is 33.4 Å². The lowest BCUT2D eigenvalue weighted by Crippen LogP contribution is -2.24. The van der Waals surface area contributed by atoms with Gasteiger partial charge in [-0.3, -0.25) is 0 Å². The van der Waals surface area contributed by atoms with E-state index in [4.69, 9.17) is 0 Å². The van der Waals surface area contributed by atoms with Crippen LogP contribution in [0.2, 0.25) is 0 Å². The van der Waals surface area contributed by atoms with Gasteiger partial charge >= 0.3 is 0 Å². The number of alkyl halides is 1. The van der Waals surface area contributed by atoms with Crippen molar-refractivity contribution in [3.63, 3.8) is 0 Å². The molecule has 1 atom stereocenters. The normalized spacial score (nSPS) is 20.1. The first-order valence-electron chi connectivity index (χ1n) is 4.10. The van der Waals surface area contributed by atoms with Crippen LogP contribution >= 0.6 is 27.7 Å². The molecule has 0 bridgehead atoms. The van der Waals surface area contributed by atoms with E-state index in [9.17, 15) is 0 Å². The topological polar surface area (TPSA) is 3.24 Å². The van der Waals surface area contributed by atoms with Crippen LogP contribution in [0.5, 0.6) is 0 Å². The summed E-state index contributed by atoms with van der Waals surface area (Å²) in [4.78, 5) is 3.62. The van der Waals surface area contributed by atoms with Crippen LogP contribution in [0, 0.1) is 0 Å². The number of thioether (sulfide) groups is 1. The molecule has 0 aliphatic carbocycles. The summed E-state index contributed by atoms with van der Waals surface area (Å²) in [6, 6.07) is 8.44. The fourth-order valence-corrected chi connectivity index (χ4v) is 3.38. The van der Waals surface area contributed by atoms with Crippen LogP contribution in [0.25, 0.3) is 0 Å². The van der Waals surface area contributed by atoms with Crippen molar-refractivity contribution in [2.45, 2.75) is 9.18 Å². The Hall–Kier alpha value is -0.410. The molecule has 1 aromatic carbocycles. The molecule has 0 aromatic heterocycles. The van der Waals surface area contributed by atoms with Crippen LogP contribution in [0.4, 0.5) is 5.69 Å². The van der Waals surface area contributed by atoms with E-state index in [1.54, 1.807) is 0 Å². The first-order chi connectivity index (χ1) is 6.33. The summed E-state index contributed by atoms with van der Waals surface area (Å²) in [5.74, 6) is 0. The molecule has 1 nitrogen and oxygen atoms in total. The Balaban J connectivity index is 2.34. The summed E-state index contributed by atoms with van der Waals surface area (Å²) in [7, 11) is 0. The number of halogens is 1. The van der Waals surface area contributed by atoms with E-state index in [-0.39, 0.29) is 0 Å². The van der Waals surface area contributed by atoms with Gasteiger partial charge in [0.05, 0.1) is 5.69 Å².